The molecular weight excluding hydrogens is 240 g/mol. The topological polar surface area (TPSA) is 41.6 Å². The minimum Gasteiger partial charge on any atom is -0.497 e. The van der Waals surface area contributed by atoms with Crippen LogP contribution < -0.4 is 15.0 Å². The van der Waals surface area contributed by atoms with Crippen molar-refractivity contribution in [2.45, 2.75) is 19.8 Å². The number of ether oxygens (including phenoxy) is 1. The van der Waals surface area contributed by atoms with Crippen LogP contribution in [0.5, 0.6) is 5.75 Å². The van der Waals surface area contributed by atoms with Crippen LogP contribution in [-0.2, 0) is 4.79 Å². The molecule has 4 heteroatoms. The average molecular weight is 262 g/mol. The Hall–Kier alpha value is -1.55. The van der Waals surface area contributed by atoms with Gasteiger partial charge in [-0.15, -0.1) is 0 Å². The highest BCUT2D eigenvalue weighted by Gasteiger charge is 2.41. The molecule has 1 atom stereocenters. The van der Waals surface area contributed by atoms with Crippen molar-refractivity contribution in [3.05, 3.63) is 24.3 Å². The van der Waals surface area contributed by atoms with Gasteiger partial charge in [-0.3, -0.25) is 4.79 Å². The van der Waals surface area contributed by atoms with Crippen LogP contribution in [0.25, 0.3) is 0 Å². The van der Waals surface area contributed by atoms with Crippen molar-refractivity contribution < 1.29 is 9.53 Å². The van der Waals surface area contributed by atoms with Gasteiger partial charge in [0.25, 0.3) is 0 Å². The Morgan fingerprint density at radius 1 is 1.42 bits per heavy atom. The highest BCUT2D eigenvalue weighted by Crippen LogP contribution is 2.33. The number of nitrogens with zero attached hydrogens (tertiary/aromatic N) is 1. The molecule has 1 N–H and O–H groups in total. The second kappa shape index (κ2) is 5.61. The maximum absolute atomic E-state index is 12.7. The van der Waals surface area contributed by atoms with Gasteiger partial charge >= 0.3 is 0 Å². The minimum absolute atomic E-state index is 0.199. The fourth-order valence-corrected chi connectivity index (χ4v) is 2.66. The Bertz CT molecular complexity index is 436. The SMILES string of the molecule is CCC1(C(=O)N(C)c2ccc(OC)cc2)CCNC1. The summed E-state index contributed by atoms with van der Waals surface area (Å²) < 4.78 is 5.14. The summed E-state index contributed by atoms with van der Waals surface area (Å²) in [7, 11) is 3.49. The van der Waals surface area contributed by atoms with Crippen LogP contribution >= 0.6 is 0 Å². The molecule has 1 amide bonds. The molecule has 1 heterocycles. The third-order valence-corrected chi connectivity index (χ3v) is 4.14. The lowest BCUT2D eigenvalue weighted by atomic mass is 9.82. The fraction of sp³-hybridized carbons (Fsp3) is 0.533. The average Bonchev–Trinajstić information content (AvgIpc) is 2.96. The number of nitrogens with one attached hydrogen (secondary N) is 1. The zero-order valence-electron chi connectivity index (χ0n) is 11.9. The predicted octanol–water partition coefficient (Wildman–Crippen LogP) is 2.05. The van der Waals surface area contributed by atoms with E-state index in [1.807, 2.05) is 31.3 Å². The number of methoxy groups -OCH3 is 1. The zero-order valence-corrected chi connectivity index (χ0v) is 11.9. The maximum atomic E-state index is 12.7. The molecule has 0 spiro atoms. The van der Waals surface area contributed by atoms with Gasteiger partial charge in [0.05, 0.1) is 12.5 Å². The van der Waals surface area contributed by atoms with E-state index in [1.54, 1.807) is 12.0 Å². The van der Waals surface area contributed by atoms with Crippen molar-refractivity contribution in [3.63, 3.8) is 0 Å². The lowest BCUT2D eigenvalue weighted by Gasteiger charge is -2.31. The molecule has 0 saturated carbocycles. The van der Waals surface area contributed by atoms with E-state index < -0.39 is 0 Å². The largest absolute Gasteiger partial charge is 0.497 e. The van der Waals surface area contributed by atoms with Crippen molar-refractivity contribution in [2.24, 2.45) is 5.41 Å². The molecule has 0 aromatic heterocycles. The number of amides is 1. The summed E-state index contributed by atoms with van der Waals surface area (Å²) in [4.78, 5) is 14.5. The standard InChI is InChI=1S/C15H22N2O2/c1-4-15(9-10-16-11-15)14(18)17(2)12-5-7-13(19-3)8-6-12/h5-8,16H,4,9-11H2,1-3H3. The first-order chi connectivity index (χ1) is 9.13. The van der Waals surface area contributed by atoms with Crippen LogP contribution in [0.4, 0.5) is 5.69 Å². The quantitative estimate of drug-likeness (QED) is 0.903. The normalized spacial score (nSPS) is 22.3. The first-order valence-corrected chi connectivity index (χ1v) is 6.76. The number of carbonyl (C=O) groups is 1. The van der Waals surface area contributed by atoms with E-state index in [1.165, 1.54) is 0 Å². The second-order valence-electron chi connectivity index (χ2n) is 5.12. The summed E-state index contributed by atoms with van der Waals surface area (Å²) in [5.74, 6) is 1.00. The first kappa shape index (κ1) is 13.9. The molecule has 1 fully saturated rings. The second-order valence-corrected chi connectivity index (χ2v) is 5.12. The van der Waals surface area contributed by atoms with E-state index in [-0.39, 0.29) is 11.3 Å². The zero-order chi connectivity index (χ0) is 13.9. The third-order valence-electron chi connectivity index (χ3n) is 4.14. The molecule has 19 heavy (non-hydrogen) atoms. The predicted molar refractivity (Wildman–Crippen MR) is 76.6 cm³/mol. The lowest BCUT2D eigenvalue weighted by Crippen LogP contribution is -2.43. The van der Waals surface area contributed by atoms with Crippen LogP contribution in [0.1, 0.15) is 19.8 Å². The smallest absolute Gasteiger partial charge is 0.234 e. The van der Waals surface area contributed by atoms with Gasteiger partial charge in [0.15, 0.2) is 0 Å². The Morgan fingerprint density at radius 2 is 2.11 bits per heavy atom. The van der Waals surface area contributed by atoms with Crippen molar-refractivity contribution in [2.75, 3.05) is 32.1 Å². The molecule has 1 unspecified atom stereocenters. The summed E-state index contributed by atoms with van der Waals surface area (Å²) in [6.07, 6.45) is 1.79. The van der Waals surface area contributed by atoms with E-state index in [0.717, 1.165) is 37.4 Å². The molecule has 1 aliphatic heterocycles. The summed E-state index contributed by atoms with van der Waals surface area (Å²) in [6, 6.07) is 7.60. The van der Waals surface area contributed by atoms with Gasteiger partial charge in [0.1, 0.15) is 5.75 Å². The van der Waals surface area contributed by atoms with E-state index in [4.69, 9.17) is 4.74 Å². The number of hydrogen-bond donors (Lipinski definition) is 1. The Balaban J connectivity index is 2.17. The van der Waals surface area contributed by atoms with Gasteiger partial charge in [0.2, 0.25) is 5.91 Å². The molecule has 0 radical (unpaired) electrons. The molecule has 0 bridgehead atoms. The van der Waals surface area contributed by atoms with Gasteiger partial charge in [-0.1, -0.05) is 6.92 Å². The summed E-state index contributed by atoms with van der Waals surface area (Å²) in [5, 5.41) is 3.30. The third kappa shape index (κ3) is 2.59. The molecule has 1 aliphatic rings. The summed E-state index contributed by atoms with van der Waals surface area (Å²) >= 11 is 0. The number of rotatable bonds is 4. The van der Waals surface area contributed by atoms with Crippen LogP contribution in [-0.4, -0.2) is 33.2 Å². The van der Waals surface area contributed by atoms with E-state index in [9.17, 15) is 4.79 Å². The molecule has 4 nitrogen and oxygen atoms in total. The Kier molecular flexibility index (Phi) is 4.10. The van der Waals surface area contributed by atoms with Crippen molar-refractivity contribution in [1.82, 2.24) is 5.32 Å². The molecule has 2 rings (SSSR count). The number of anilines is 1. The highest BCUT2D eigenvalue weighted by molar-refractivity contribution is 5.97. The van der Waals surface area contributed by atoms with Gasteiger partial charge < -0.3 is 15.0 Å². The molecule has 0 aliphatic carbocycles. The molecule has 1 saturated heterocycles. The number of carbonyl (C=O) groups excluding carboxylic acids is 1. The van der Waals surface area contributed by atoms with Gasteiger partial charge in [0, 0.05) is 19.3 Å². The van der Waals surface area contributed by atoms with Crippen molar-refractivity contribution in [3.8, 4) is 5.75 Å². The fourth-order valence-electron chi connectivity index (χ4n) is 2.66. The maximum Gasteiger partial charge on any atom is 0.234 e. The van der Waals surface area contributed by atoms with Gasteiger partial charge in [-0.2, -0.15) is 0 Å². The lowest BCUT2D eigenvalue weighted by molar-refractivity contribution is -0.127. The van der Waals surface area contributed by atoms with Gasteiger partial charge in [-0.05, 0) is 43.7 Å². The highest BCUT2D eigenvalue weighted by atomic mass is 16.5. The van der Waals surface area contributed by atoms with E-state index >= 15 is 0 Å². The van der Waals surface area contributed by atoms with Crippen LogP contribution in [0, 0.1) is 5.41 Å². The van der Waals surface area contributed by atoms with E-state index in [0.29, 0.717) is 0 Å². The summed E-state index contributed by atoms with van der Waals surface area (Å²) in [5.41, 5.74) is 0.667. The Labute approximate surface area is 114 Å². The van der Waals surface area contributed by atoms with Crippen LogP contribution in [0.15, 0.2) is 24.3 Å². The van der Waals surface area contributed by atoms with Crippen molar-refractivity contribution in [1.29, 1.82) is 0 Å². The van der Waals surface area contributed by atoms with Crippen LogP contribution in [0.2, 0.25) is 0 Å². The molecule has 1 aromatic rings. The molecule has 104 valence electrons. The molecule has 1 aromatic carbocycles. The number of hydrogen-bond acceptors (Lipinski definition) is 3. The first-order valence-electron chi connectivity index (χ1n) is 6.76. The number of benzene rings is 1. The van der Waals surface area contributed by atoms with Gasteiger partial charge in [-0.25, -0.2) is 0 Å². The van der Waals surface area contributed by atoms with E-state index in [2.05, 4.69) is 12.2 Å². The van der Waals surface area contributed by atoms with Crippen LogP contribution in [0.3, 0.4) is 0 Å². The monoisotopic (exact) mass is 262 g/mol. The molecular formula is C15H22N2O2. The summed E-state index contributed by atoms with van der Waals surface area (Å²) in [6.45, 7) is 3.80. The van der Waals surface area contributed by atoms with Crippen molar-refractivity contribution >= 4 is 11.6 Å². The Morgan fingerprint density at radius 3 is 2.58 bits per heavy atom. The minimum atomic E-state index is -0.241.